The molecular formula is C28H23IN2O. The smallest absolute Gasteiger partial charge is 0.373 e. The van der Waals surface area contributed by atoms with E-state index in [0.717, 1.165) is 29.1 Å². The van der Waals surface area contributed by atoms with E-state index in [1.165, 1.54) is 32.6 Å². The summed E-state index contributed by atoms with van der Waals surface area (Å²) in [6.07, 6.45) is 4.20. The molecule has 6 aromatic rings. The first-order chi connectivity index (χ1) is 15.2. The standard InChI is InChI=1S/C28H23N2O.HI/c1-3-30-24-11-7-6-10-22(24)23-18-19(12-15-25(23)30)13-17-27-29(2)28-21-9-5-4-8-20(21)14-16-26(28)31-27;/h4-18H,3H2,1-2H3;1H/q+1;/p-1. The quantitative estimate of drug-likeness (QED) is 0.253. The van der Waals surface area contributed by atoms with Crippen molar-refractivity contribution in [3.8, 4) is 0 Å². The normalized spacial score (nSPS) is 11.8. The van der Waals surface area contributed by atoms with Gasteiger partial charge in [-0.25, -0.2) is 0 Å². The Morgan fingerprint density at radius 3 is 2.41 bits per heavy atom. The van der Waals surface area contributed by atoms with Gasteiger partial charge in [0.15, 0.2) is 0 Å². The molecule has 0 fully saturated rings. The van der Waals surface area contributed by atoms with Crippen LogP contribution in [-0.2, 0) is 13.6 Å². The number of benzene rings is 4. The van der Waals surface area contributed by atoms with Gasteiger partial charge in [-0.2, -0.15) is 4.57 Å². The number of para-hydroxylation sites is 1. The van der Waals surface area contributed by atoms with Crippen LogP contribution >= 0.6 is 0 Å². The monoisotopic (exact) mass is 530 g/mol. The molecule has 0 aliphatic rings. The lowest BCUT2D eigenvalue weighted by atomic mass is 10.1. The first kappa shape index (κ1) is 20.8. The number of halogens is 1. The van der Waals surface area contributed by atoms with Crippen LogP contribution in [0.1, 0.15) is 18.4 Å². The molecule has 2 aromatic heterocycles. The third-order valence-electron chi connectivity index (χ3n) is 6.28. The molecule has 0 amide bonds. The fourth-order valence-electron chi connectivity index (χ4n) is 4.78. The number of hydrogen-bond donors (Lipinski definition) is 0. The third-order valence-corrected chi connectivity index (χ3v) is 6.28. The van der Waals surface area contributed by atoms with E-state index in [0.29, 0.717) is 0 Å². The Hall–Kier alpha value is -3.12. The fraction of sp³-hybridized carbons (Fsp3) is 0.107. The second kappa shape index (κ2) is 8.10. The van der Waals surface area contributed by atoms with Gasteiger partial charge in [0.05, 0.1) is 11.5 Å². The van der Waals surface area contributed by atoms with Gasteiger partial charge in [0.2, 0.25) is 5.58 Å². The highest BCUT2D eigenvalue weighted by Gasteiger charge is 2.19. The minimum Gasteiger partial charge on any atom is -1.00 e. The summed E-state index contributed by atoms with van der Waals surface area (Å²) in [5.41, 5.74) is 5.76. The third kappa shape index (κ3) is 3.13. The Morgan fingerprint density at radius 1 is 0.812 bits per heavy atom. The summed E-state index contributed by atoms with van der Waals surface area (Å²) < 4.78 is 10.7. The van der Waals surface area contributed by atoms with Gasteiger partial charge in [0.1, 0.15) is 7.05 Å². The van der Waals surface area contributed by atoms with Crippen molar-refractivity contribution in [1.82, 2.24) is 4.57 Å². The zero-order chi connectivity index (χ0) is 20.9. The van der Waals surface area contributed by atoms with Crippen LogP contribution in [0.25, 0.3) is 55.8 Å². The number of nitrogens with zero attached hydrogens (tertiary/aromatic N) is 2. The van der Waals surface area contributed by atoms with Gasteiger partial charge >= 0.3 is 5.89 Å². The van der Waals surface area contributed by atoms with Crippen LogP contribution in [0.5, 0.6) is 0 Å². The predicted octanol–water partition coefficient (Wildman–Crippen LogP) is 3.71. The predicted molar refractivity (Wildman–Crippen MR) is 129 cm³/mol. The molecule has 6 rings (SSSR count). The highest BCUT2D eigenvalue weighted by molar-refractivity contribution is 6.08. The largest absolute Gasteiger partial charge is 1.00 e. The van der Waals surface area contributed by atoms with Crippen molar-refractivity contribution in [3.63, 3.8) is 0 Å². The maximum Gasteiger partial charge on any atom is 0.373 e. The average molecular weight is 530 g/mol. The van der Waals surface area contributed by atoms with Gasteiger partial charge in [0.25, 0.3) is 5.52 Å². The first-order valence-corrected chi connectivity index (χ1v) is 10.7. The van der Waals surface area contributed by atoms with E-state index in [9.17, 15) is 0 Å². The van der Waals surface area contributed by atoms with Gasteiger partial charge in [-0.15, -0.1) is 0 Å². The molecule has 0 bridgehead atoms. The molecule has 0 aliphatic heterocycles. The Labute approximate surface area is 203 Å². The zero-order valence-electron chi connectivity index (χ0n) is 18.0. The molecule has 0 N–H and O–H groups in total. The summed E-state index contributed by atoms with van der Waals surface area (Å²) in [5, 5.41) is 5.02. The molecule has 0 aliphatic carbocycles. The Kier molecular flexibility index (Phi) is 5.25. The molecule has 0 spiro atoms. The van der Waals surface area contributed by atoms with E-state index in [-0.39, 0.29) is 24.0 Å². The SMILES string of the molecule is CCn1c2ccccc2c2cc(/C=C/c3oc4ccc5ccccc5c4[n+]3C)ccc21.[I-]. The summed E-state index contributed by atoms with van der Waals surface area (Å²) in [7, 11) is 2.07. The van der Waals surface area contributed by atoms with E-state index >= 15 is 0 Å². The van der Waals surface area contributed by atoms with Crippen LogP contribution < -0.4 is 28.5 Å². The molecule has 0 radical (unpaired) electrons. The maximum atomic E-state index is 6.18. The summed E-state index contributed by atoms with van der Waals surface area (Å²) in [6, 6.07) is 27.9. The number of rotatable bonds is 3. The second-order valence-electron chi connectivity index (χ2n) is 8.00. The lowest BCUT2D eigenvalue weighted by molar-refractivity contribution is -0.651. The van der Waals surface area contributed by atoms with E-state index < -0.39 is 0 Å². The van der Waals surface area contributed by atoms with Crippen LogP contribution in [-0.4, -0.2) is 4.57 Å². The molecule has 0 saturated carbocycles. The first-order valence-electron chi connectivity index (χ1n) is 10.7. The highest BCUT2D eigenvalue weighted by atomic mass is 127. The Balaban J connectivity index is 0.00000216. The van der Waals surface area contributed by atoms with E-state index in [4.69, 9.17) is 4.42 Å². The second-order valence-corrected chi connectivity index (χ2v) is 8.00. The van der Waals surface area contributed by atoms with Crippen LogP contribution in [0.15, 0.2) is 83.3 Å². The summed E-state index contributed by atoms with van der Waals surface area (Å²) >= 11 is 0. The topological polar surface area (TPSA) is 21.9 Å². The Bertz CT molecular complexity index is 1640. The van der Waals surface area contributed by atoms with Crippen molar-refractivity contribution in [2.75, 3.05) is 0 Å². The molecule has 32 heavy (non-hydrogen) atoms. The maximum absolute atomic E-state index is 6.18. The van der Waals surface area contributed by atoms with Crippen molar-refractivity contribution in [2.24, 2.45) is 7.05 Å². The van der Waals surface area contributed by atoms with Crippen LogP contribution in [0.2, 0.25) is 0 Å². The highest BCUT2D eigenvalue weighted by Crippen LogP contribution is 2.30. The summed E-state index contributed by atoms with van der Waals surface area (Å²) in [5.74, 6) is 0.836. The number of oxazole rings is 1. The van der Waals surface area contributed by atoms with Crippen molar-refractivity contribution in [2.45, 2.75) is 13.5 Å². The minimum atomic E-state index is 0. The lowest BCUT2D eigenvalue weighted by Gasteiger charge is -2.02. The van der Waals surface area contributed by atoms with Crippen LogP contribution in [0, 0.1) is 0 Å². The fourth-order valence-corrected chi connectivity index (χ4v) is 4.78. The van der Waals surface area contributed by atoms with Gasteiger partial charge in [-0.1, -0.05) is 48.5 Å². The molecule has 3 nitrogen and oxygen atoms in total. The molecule has 4 aromatic carbocycles. The van der Waals surface area contributed by atoms with E-state index in [2.05, 4.69) is 114 Å². The van der Waals surface area contributed by atoms with Gasteiger partial charge < -0.3 is 33.0 Å². The van der Waals surface area contributed by atoms with Crippen LogP contribution in [0.4, 0.5) is 0 Å². The van der Waals surface area contributed by atoms with Gasteiger partial charge in [-0.05, 0) is 54.3 Å². The molecule has 158 valence electrons. The number of aryl methyl sites for hydroxylation is 2. The average Bonchev–Trinajstić information content (AvgIpc) is 3.31. The van der Waals surface area contributed by atoms with Crippen molar-refractivity contribution >= 4 is 55.8 Å². The van der Waals surface area contributed by atoms with Gasteiger partial charge in [-0.3, -0.25) is 0 Å². The minimum absolute atomic E-state index is 0. The van der Waals surface area contributed by atoms with Crippen molar-refractivity contribution in [1.29, 1.82) is 0 Å². The number of hydrogen-bond acceptors (Lipinski definition) is 1. The van der Waals surface area contributed by atoms with E-state index in [1.54, 1.807) is 0 Å². The lowest BCUT2D eigenvalue weighted by Crippen LogP contribution is -3.00. The molecular weight excluding hydrogens is 507 g/mol. The molecule has 0 unspecified atom stereocenters. The Morgan fingerprint density at radius 2 is 1.56 bits per heavy atom. The van der Waals surface area contributed by atoms with E-state index in [1.807, 2.05) is 0 Å². The number of aromatic nitrogens is 2. The van der Waals surface area contributed by atoms with Crippen molar-refractivity contribution < 1.29 is 33.0 Å². The zero-order valence-corrected chi connectivity index (χ0v) is 20.2. The van der Waals surface area contributed by atoms with Crippen molar-refractivity contribution in [3.05, 3.63) is 90.3 Å². The van der Waals surface area contributed by atoms with Crippen LogP contribution in [0.3, 0.4) is 0 Å². The summed E-state index contributed by atoms with van der Waals surface area (Å²) in [4.78, 5) is 0. The number of fused-ring (bicyclic) bond motifs is 6. The molecule has 2 heterocycles. The molecule has 4 heteroatoms. The van der Waals surface area contributed by atoms with Gasteiger partial charge in [0, 0.05) is 28.4 Å². The molecule has 0 atom stereocenters. The molecule has 0 saturated heterocycles. The summed E-state index contributed by atoms with van der Waals surface area (Å²) in [6.45, 7) is 3.16.